The van der Waals surface area contributed by atoms with Crippen LogP contribution in [0.15, 0.2) is 0 Å². The van der Waals surface area contributed by atoms with Crippen LogP contribution in [-0.2, 0) is 11.3 Å². The average Bonchev–Trinajstić information content (AvgIpc) is 2.85. The quantitative estimate of drug-likeness (QED) is 0.918. The van der Waals surface area contributed by atoms with Gasteiger partial charge in [-0.1, -0.05) is 6.92 Å². The molecule has 2 aliphatic heterocycles. The second-order valence-corrected chi connectivity index (χ2v) is 7.13. The number of aromatic nitrogens is 2. The van der Waals surface area contributed by atoms with Crippen molar-refractivity contribution in [3.63, 3.8) is 0 Å². The van der Waals surface area contributed by atoms with E-state index in [-0.39, 0.29) is 5.91 Å². The van der Waals surface area contributed by atoms with E-state index in [1.807, 2.05) is 23.4 Å². The standard InChI is InChI=1S/C18H29N3O3/c1-4-9-21-14(3)16(13(2)19-21)17(23)20-10-7-18(8-11-20)15(22)6-5-12-24-18/h15,22H,4-12H2,1-3H3/t15-/m1/s1. The number of amides is 1. The summed E-state index contributed by atoms with van der Waals surface area (Å²) in [6.45, 7) is 8.81. The number of carbonyl (C=O) groups is 1. The topological polar surface area (TPSA) is 67.6 Å². The van der Waals surface area contributed by atoms with Crippen LogP contribution in [0.3, 0.4) is 0 Å². The molecule has 0 aliphatic carbocycles. The average molecular weight is 335 g/mol. The van der Waals surface area contributed by atoms with Gasteiger partial charge in [0.15, 0.2) is 0 Å². The molecule has 1 spiro atoms. The fourth-order valence-electron chi connectivity index (χ4n) is 4.07. The number of ether oxygens (including phenoxy) is 1. The summed E-state index contributed by atoms with van der Waals surface area (Å²) in [4.78, 5) is 14.9. The first-order valence-electron chi connectivity index (χ1n) is 9.14. The molecule has 1 aromatic heterocycles. The number of hydrogen-bond acceptors (Lipinski definition) is 4. The van der Waals surface area contributed by atoms with Crippen molar-refractivity contribution in [2.75, 3.05) is 19.7 Å². The van der Waals surface area contributed by atoms with Crippen LogP contribution in [0.25, 0.3) is 0 Å². The molecule has 0 bridgehead atoms. The van der Waals surface area contributed by atoms with E-state index in [9.17, 15) is 9.90 Å². The van der Waals surface area contributed by atoms with Gasteiger partial charge in [0.2, 0.25) is 0 Å². The minimum Gasteiger partial charge on any atom is -0.390 e. The number of rotatable bonds is 3. The highest BCUT2D eigenvalue weighted by atomic mass is 16.5. The third-order valence-electron chi connectivity index (χ3n) is 5.55. The second kappa shape index (κ2) is 6.84. The van der Waals surface area contributed by atoms with Gasteiger partial charge < -0.3 is 14.7 Å². The Kier molecular flexibility index (Phi) is 4.97. The highest BCUT2D eigenvalue weighted by Gasteiger charge is 2.44. The Labute approximate surface area is 143 Å². The Morgan fingerprint density at radius 3 is 2.71 bits per heavy atom. The van der Waals surface area contributed by atoms with Crippen LogP contribution < -0.4 is 0 Å². The lowest BCUT2D eigenvalue weighted by atomic mass is 9.82. The molecule has 134 valence electrons. The lowest BCUT2D eigenvalue weighted by molar-refractivity contribution is -0.174. The SMILES string of the molecule is CCCn1nc(C)c(C(=O)N2CCC3(CC2)OCCC[C@H]3O)c1C. The van der Waals surface area contributed by atoms with E-state index in [4.69, 9.17) is 4.74 Å². The van der Waals surface area contributed by atoms with Gasteiger partial charge in [0.1, 0.15) is 0 Å². The largest absolute Gasteiger partial charge is 0.390 e. The van der Waals surface area contributed by atoms with Gasteiger partial charge in [-0.15, -0.1) is 0 Å². The summed E-state index contributed by atoms with van der Waals surface area (Å²) in [6.07, 6.45) is 3.73. The van der Waals surface area contributed by atoms with Crippen molar-refractivity contribution < 1.29 is 14.6 Å². The molecule has 0 aromatic carbocycles. The summed E-state index contributed by atoms with van der Waals surface area (Å²) in [5.74, 6) is 0.0625. The zero-order valence-corrected chi connectivity index (χ0v) is 15.0. The van der Waals surface area contributed by atoms with Crippen LogP contribution in [0.1, 0.15) is 60.8 Å². The molecular weight excluding hydrogens is 306 g/mol. The predicted octanol–water partition coefficient (Wildman–Crippen LogP) is 2.06. The van der Waals surface area contributed by atoms with Gasteiger partial charge in [0, 0.05) is 31.9 Å². The molecule has 3 rings (SSSR count). The van der Waals surface area contributed by atoms with Gasteiger partial charge >= 0.3 is 0 Å². The normalized spacial score (nSPS) is 23.7. The number of piperidine rings is 1. The van der Waals surface area contributed by atoms with Crippen LogP contribution in [-0.4, -0.2) is 57.1 Å². The molecule has 1 amide bonds. The molecular formula is C18H29N3O3. The monoisotopic (exact) mass is 335 g/mol. The van der Waals surface area contributed by atoms with E-state index in [2.05, 4.69) is 12.0 Å². The third kappa shape index (κ3) is 2.97. The number of aliphatic hydroxyl groups excluding tert-OH is 1. The molecule has 2 fully saturated rings. The molecule has 1 aromatic rings. The van der Waals surface area contributed by atoms with E-state index in [1.54, 1.807) is 0 Å². The molecule has 1 N–H and O–H groups in total. The fourth-order valence-corrected chi connectivity index (χ4v) is 4.07. The van der Waals surface area contributed by atoms with Crippen LogP contribution in [0, 0.1) is 13.8 Å². The lowest BCUT2D eigenvalue weighted by Crippen LogP contribution is -2.56. The molecule has 6 nitrogen and oxygen atoms in total. The van der Waals surface area contributed by atoms with Gasteiger partial charge in [0.05, 0.1) is 23.0 Å². The summed E-state index contributed by atoms with van der Waals surface area (Å²) in [6, 6.07) is 0. The van der Waals surface area contributed by atoms with Gasteiger partial charge in [-0.25, -0.2) is 0 Å². The van der Waals surface area contributed by atoms with Crippen LogP contribution in [0.2, 0.25) is 0 Å². The van der Waals surface area contributed by atoms with Crippen molar-refractivity contribution in [2.24, 2.45) is 0 Å². The lowest BCUT2D eigenvalue weighted by Gasteiger charge is -2.46. The molecule has 0 unspecified atom stereocenters. The fraction of sp³-hybridized carbons (Fsp3) is 0.778. The maximum atomic E-state index is 13.0. The first-order chi connectivity index (χ1) is 11.5. The summed E-state index contributed by atoms with van der Waals surface area (Å²) in [7, 11) is 0. The summed E-state index contributed by atoms with van der Waals surface area (Å²) < 4.78 is 7.86. The van der Waals surface area contributed by atoms with Gasteiger partial charge in [-0.05, 0) is 46.0 Å². The number of nitrogens with zero attached hydrogens (tertiary/aromatic N) is 3. The molecule has 0 radical (unpaired) electrons. The highest BCUT2D eigenvalue weighted by Crippen LogP contribution is 2.35. The van der Waals surface area contributed by atoms with E-state index >= 15 is 0 Å². The Bertz CT molecular complexity index is 603. The maximum absolute atomic E-state index is 13.0. The molecule has 1 atom stereocenters. The maximum Gasteiger partial charge on any atom is 0.257 e. The van der Waals surface area contributed by atoms with E-state index in [0.29, 0.717) is 32.5 Å². The minimum atomic E-state index is -0.439. The minimum absolute atomic E-state index is 0.0625. The zero-order chi connectivity index (χ0) is 17.3. The molecule has 2 saturated heterocycles. The third-order valence-corrected chi connectivity index (χ3v) is 5.55. The number of likely N-dealkylation sites (tertiary alicyclic amines) is 1. The Balaban J connectivity index is 1.72. The smallest absolute Gasteiger partial charge is 0.257 e. The van der Waals surface area contributed by atoms with E-state index in [1.165, 1.54) is 0 Å². The first-order valence-corrected chi connectivity index (χ1v) is 9.14. The molecule has 2 aliphatic rings. The predicted molar refractivity (Wildman–Crippen MR) is 91.1 cm³/mol. The Morgan fingerprint density at radius 1 is 1.38 bits per heavy atom. The number of carbonyl (C=O) groups excluding carboxylic acids is 1. The van der Waals surface area contributed by atoms with Gasteiger partial charge in [0.25, 0.3) is 5.91 Å². The van der Waals surface area contributed by atoms with Crippen LogP contribution in [0.4, 0.5) is 0 Å². The zero-order valence-electron chi connectivity index (χ0n) is 15.0. The molecule has 0 saturated carbocycles. The van der Waals surface area contributed by atoms with Crippen molar-refractivity contribution in [2.45, 2.75) is 71.1 Å². The van der Waals surface area contributed by atoms with Crippen LogP contribution >= 0.6 is 0 Å². The van der Waals surface area contributed by atoms with Gasteiger partial charge in [-0.3, -0.25) is 9.48 Å². The van der Waals surface area contributed by atoms with Crippen LogP contribution in [0.5, 0.6) is 0 Å². The van der Waals surface area contributed by atoms with Crippen molar-refractivity contribution in [3.8, 4) is 0 Å². The van der Waals surface area contributed by atoms with Crippen molar-refractivity contribution in [1.82, 2.24) is 14.7 Å². The van der Waals surface area contributed by atoms with Gasteiger partial charge in [-0.2, -0.15) is 5.10 Å². The number of aliphatic hydroxyl groups is 1. The molecule has 24 heavy (non-hydrogen) atoms. The number of aryl methyl sites for hydroxylation is 2. The first kappa shape index (κ1) is 17.4. The highest BCUT2D eigenvalue weighted by molar-refractivity contribution is 5.96. The van der Waals surface area contributed by atoms with Crippen molar-refractivity contribution in [1.29, 1.82) is 0 Å². The van der Waals surface area contributed by atoms with Crippen molar-refractivity contribution in [3.05, 3.63) is 17.0 Å². The summed E-state index contributed by atoms with van der Waals surface area (Å²) >= 11 is 0. The summed E-state index contributed by atoms with van der Waals surface area (Å²) in [5.41, 5.74) is 2.06. The summed E-state index contributed by atoms with van der Waals surface area (Å²) in [5, 5.41) is 14.9. The Morgan fingerprint density at radius 2 is 2.08 bits per heavy atom. The number of hydrogen-bond donors (Lipinski definition) is 1. The Hall–Kier alpha value is -1.40. The van der Waals surface area contributed by atoms with E-state index in [0.717, 1.165) is 42.8 Å². The van der Waals surface area contributed by atoms with Crippen molar-refractivity contribution >= 4 is 5.91 Å². The van der Waals surface area contributed by atoms with E-state index < -0.39 is 11.7 Å². The molecule has 6 heteroatoms. The second-order valence-electron chi connectivity index (χ2n) is 7.13. The molecule has 3 heterocycles.